The van der Waals surface area contributed by atoms with Crippen LogP contribution in [-0.2, 0) is 12.7 Å². The molecule has 5 nitrogen and oxygen atoms in total. The van der Waals surface area contributed by atoms with Gasteiger partial charge in [0.25, 0.3) is 0 Å². The number of nitrogens with zero attached hydrogens (tertiary/aromatic N) is 3. The zero-order valence-corrected chi connectivity index (χ0v) is 6.91. The second-order valence-corrected chi connectivity index (χ2v) is 2.52. The first-order valence-electron chi connectivity index (χ1n) is 3.54. The van der Waals surface area contributed by atoms with Crippen molar-refractivity contribution in [2.24, 2.45) is 0 Å². The lowest BCUT2D eigenvalue weighted by molar-refractivity contribution is -0.132. The van der Waals surface area contributed by atoms with Gasteiger partial charge in [-0.15, -0.1) is 5.10 Å². The number of hydrogen-bond donors (Lipinski definition) is 2. The molecule has 0 unspecified atom stereocenters. The van der Waals surface area contributed by atoms with E-state index in [1.807, 2.05) is 0 Å². The second kappa shape index (κ2) is 3.35. The van der Waals surface area contributed by atoms with Crippen molar-refractivity contribution in [1.82, 2.24) is 15.0 Å². The molecule has 74 valence electrons. The van der Waals surface area contributed by atoms with Gasteiger partial charge in [0.05, 0.1) is 12.3 Å². The molecule has 0 saturated carbocycles. The average molecular weight is 193 g/mol. The summed E-state index contributed by atoms with van der Waals surface area (Å²) in [5.41, 5.74) is 0.120. The van der Waals surface area contributed by atoms with Crippen LogP contribution in [0.3, 0.4) is 0 Å². The third kappa shape index (κ3) is 1.65. The first-order chi connectivity index (χ1) is 6.03. The van der Waals surface area contributed by atoms with E-state index in [-0.39, 0.29) is 11.4 Å². The predicted molar refractivity (Wildman–Crippen MR) is 38.0 cm³/mol. The SMILES string of the molecule is Cc1c(CO)nnn1C(F)(F)CO. The van der Waals surface area contributed by atoms with Crippen molar-refractivity contribution in [2.75, 3.05) is 6.61 Å². The van der Waals surface area contributed by atoms with Crippen molar-refractivity contribution in [3.8, 4) is 0 Å². The van der Waals surface area contributed by atoms with E-state index in [9.17, 15) is 8.78 Å². The highest BCUT2D eigenvalue weighted by molar-refractivity contribution is 5.07. The van der Waals surface area contributed by atoms with Crippen LogP contribution in [0.5, 0.6) is 0 Å². The molecule has 1 heterocycles. The molecule has 0 spiro atoms. The zero-order valence-electron chi connectivity index (χ0n) is 6.91. The van der Waals surface area contributed by atoms with Gasteiger partial charge in [0.15, 0.2) is 0 Å². The van der Waals surface area contributed by atoms with E-state index >= 15 is 0 Å². The summed E-state index contributed by atoms with van der Waals surface area (Å²) in [6, 6.07) is -3.47. The summed E-state index contributed by atoms with van der Waals surface area (Å²) in [6.07, 6.45) is 0. The first-order valence-corrected chi connectivity index (χ1v) is 3.54. The molecule has 0 aromatic carbocycles. The van der Waals surface area contributed by atoms with E-state index in [1.165, 1.54) is 6.92 Å². The van der Waals surface area contributed by atoms with E-state index in [4.69, 9.17) is 10.2 Å². The Kier molecular flexibility index (Phi) is 2.58. The molecule has 0 aliphatic carbocycles. The number of hydrogen-bond acceptors (Lipinski definition) is 4. The molecule has 7 heteroatoms. The lowest BCUT2D eigenvalue weighted by Crippen LogP contribution is -2.29. The minimum Gasteiger partial charge on any atom is -0.390 e. The van der Waals surface area contributed by atoms with Crippen LogP contribution in [0.4, 0.5) is 8.78 Å². The largest absolute Gasteiger partial charge is 0.390 e. The number of rotatable bonds is 3. The van der Waals surface area contributed by atoms with Gasteiger partial charge in [0, 0.05) is 0 Å². The van der Waals surface area contributed by atoms with Gasteiger partial charge in [0.1, 0.15) is 12.3 Å². The monoisotopic (exact) mass is 193 g/mol. The number of aliphatic hydroxyl groups excluding tert-OH is 2. The second-order valence-electron chi connectivity index (χ2n) is 2.52. The van der Waals surface area contributed by atoms with Gasteiger partial charge in [-0.1, -0.05) is 5.21 Å². The summed E-state index contributed by atoms with van der Waals surface area (Å²) >= 11 is 0. The van der Waals surface area contributed by atoms with Gasteiger partial charge in [-0.2, -0.15) is 13.5 Å². The lowest BCUT2D eigenvalue weighted by atomic mass is 10.3. The van der Waals surface area contributed by atoms with Crippen LogP contribution in [0.25, 0.3) is 0 Å². The van der Waals surface area contributed by atoms with Crippen LogP contribution < -0.4 is 0 Å². The maximum absolute atomic E-state index is 12.8. The molecule has 1 aromatic rings. The fraction of sp³-hybridized carbons (Fsp3) is 0.667. The summed E-state index contributed by atoms with van der Waals surface area (Å²) in [5, 5.41) is 23.4. The molecule has 13 heavy (non-hydrogen) atoms. The van der Waals surface area contributed by atoms with Crippen LogP contribution in [0, 0.1) is 6.92 Å². The first kappa shape index (κ1) is 10.0. The third-order valence-electron chi connectivity index (χ3n) is 1.64. The van der Waals surface area contributed by atoms with Gasteiger partial charge in [-0.3, -0.25) is 0 Å². The maximum atomic E-state index is 12.8. The van der Waals surface area contributed by atoms with Crippen molar-refractivity contribution >= 4 is 0 Å². The van der Waals surface area contributed by atoms with Crippen molar-refractivity contribution in [1.29, 1.82) is 0 Å². The number of alkyl halides is 2. The summed E-state index contributed by atoms with van der Waals surface area (Å²) in [7, 11) is 0. The Labute approximate surface area is 72.6 Å². The molecule has 0 saturated heterocycles. The molecule has 2 N–H and O–H groups in total. The molecule has 0 amide bonds. The zero-order chi connectivity index (χ0) is 10.1. The Bertz CT molecular complexity index is 300. The number of halogens is 2. The summed E-state index contributed by atoms with van der Waals surface area (Å²) in [4.78, 5) is 0. The molecule has 1 rings (SSSR count). The standard InChI is InChI=1S/C6H9F2N3O2/c1-4-5(2-12)9-10-11(4)6(7,8)3-13/h12-13H,2-3H2,1H3. The molecule has 0 aliphatic heterocycles. The Morgan fingerprint density at radius 3 is 2.46 bits per heavy atom. The molecule has 0 radical (unpaired) electrons. The van der Waals surface area contributed by atoms with Crippen molar-refractivity contribution in [3.63, 3.8) is 0 Å². The van der Waals surface area contributed by atoms with E-state index in [1.54, 1.807) is 0 Å². The fourth-order valence-corrected chi connectivity index (χ4v) is 0.884. The summed E-state index contributed by atoms with van der Waals surface area (Å²) in [5.74, 6) is 0. The van der Waals surface area contributed by atoms with Crippen LogP contribution in [0.2, 0.25) is 0 Å². The van der Waals surface area contributed by atoms with Crippen molar-refractivity contribution in [2.45, 2.75) is 19.6 Å². The van der Waals surface area contributed by atoms with E-state index in [0.29, 0.717) is 4.68 Å². The summed E-state index contributed by atoms with van der Waals surface area (Å²) in [6.45, 7) is -0.454. The van der Waals surface area contributed by atoms with Gasteiger partial charge >= 0.3 is 6.05 Å². The highest BCUT2D eigenvalue weighted by Crippen LogP contribution is 2.21. The lowest BCUT2D eigenvalue weighted by Gasteiger charge is -2.13. The van der Waals surface area contributed by atoms with Crippen molar-refractivity contribution in [3.05, 3.63) is 11.4 Å². The van der Waals surface area contributed by atoms with Gasteiger partial charge in [-0.05, 0) is 6.92 Å². The minimum absolute atomic E-state index is 0.0431. The minimum atomic E-state index is -3.47. The number of aromatic nitrogens is 3. The predicted octanol–water partition coefficient (Wildman–Crippen LogP) is -0.380. The van der Waals surface area contributed by atoms with Crippen molar-refractivity contribution < 1.29 is 19.0 Å². The van der Waals surface area contributed by atoms with Crippen LogP contribution in [0.1, 0.15) is 11.4 Å². The van der Waals surface area contributed by atoms with Crippen LogP contribution in [-0.4, -0.2) is 31.8 Å². The maximum Gasteiger partial charge on any atom is 0.367 e. The molecule has 0 fully saturated rings. The quantitative estimate of drug-likeness (QED) is 0.686. The summed E-state index contributed by atoms with van der Waals surface area (Å²) < 4.78 is 25.9. The van der Waals surface area contributed by atoms with Gasteiger partial charge in [-0.25, -0.2) is 0 Å². The molecular weight excluding hydrogens is 184 g/mol. The van der Waals surface area contributed by atoms with E-state index in [0.717, 1.165) is 0 Å². The molecule has 0 atom stereocenters. The van der Waals surface area contributed by atoms with Gasteiger partial charge < -0.3 is 10.2 Å². The van der Waals surface area contributed by atoms with Crippen LogP contribution >= 0.6 is 0 Å². The highest BCUT2D eigenvalue weighted by atomic mass is 19.3. The van der Waals surface area contributed by atoms with Gasteiger partial charge in [0.2, 0.25) is 0 Å². The van der Waals surface area contributed by atoms with Crippen LogP contribution in [0.15, 0.2) is 0 Å². The Morgan fingerprint density at radius 2 is 2.08 bits per heavy atom. The average Bonchev–Trinajstić information content (AvgIpc) is 2.47. The third-order valence-corrected chi connectivity index (χ3v) is 1.64. The topological polar surface area (TPSA) is 71.2 Å². The smallest absolute Gasteiger partial charge is 0.367 e. The Morgan fingerprint density at radius 1 is 1.46 bits per heavy atom. The molecule has 1 aromatic heterocycles. The molecular formula is C6H9F2N3O2. The normalized spacial score (nSPS) is 12.1. The molecule has 0 aliphatic rings. The molecule has 0 bridgehead atoms. The fourth-order valence-electron chi connectivity index (χ4n) is 0.884. The highest BCUT2D eigenvalue weighted by Gasteiger charge is 2.33. The van der Waals surface area contributed by atoms with E-state index < -0.39 is 19.3 Å². The Balaban J connectivity index is 3.09. The van der Waals surface area contributed by atoms with E-state index in [2.05, 4.69) is 10.3 Å². The number of aliphatic hydroxyl groups is 2. The Hall–Kier alpha value is -1.08.